The molecule has 1 heterocycles. The molecule has 0 atom stereocenters. The summed E-state index contributed by atoms with van der Waals surface area (Å²) in [5.74, 6) is 1.12. The molecule has 0 saturated heterocycles. The third kappa shape index (κ3) is 0.710. The largest absolute Gasteiger partial charge is 0.369 e. The van der Waals surface area contributed by atoms with Gasteiger partial charge in [-0.2, -0.15) is 0 Å². The molecule has 0 saturated carbocycles. The minimum absolute atomic E-state index is 0.974. The molecule has 0 spiro atoms. The monoisotopic (exact) mass is 113 g/mol. The summed E-state index contributed by atoms with van der Waals surface area (Å²) in [5.41, 5.74) is 1.19. The summed E-state index contributed by atoms with van der Waals surface area (Å²) in [5, 5.41) is 8.96. The molecule has 3 N–H and O–H groups in total. The second-order valence-corrected chi connectivity index (χ2v) is 1.78. The Morgan fingerprint density at radius 2 is 2.25 bits per heavy atom. The third-order valence-corrected chi connectivity index (χ3v) is 1.10. The lowest BCUT2D eigenvalue weighted by molar-refractivity contribution is 0.895. The van der Waals surface area contributed by atoms with Crippen molar-refractivity contribution in [2.75, 3.05) is 11.9 Å². The molecule has 0 aliphatic heterocycles. The number of hydrogen-bond donors (Lipinski definition) is 3. The Kier molecular flexibility index (Phi) is 1.28. The molecule has 3 nitrogen and oxygen atoms in total. The Morgan fingerprint density at radius 3 is 2.38 bits per heavy atom. The van der Waals surface area contributed by atoms with E-state index < -0.39 is 0 Å². The topological polar surface area (TPSA) is 43.6 Å². The lowest BCUT2D eigenvalue weighted by atomic mass is 10.4. The van der Waals surface area contributed by atoms with Gasteiger partial charge in [-0.1, -0.05) is 0 Å². The first-order valence-corrected chi connectivity index (χ1v) is 2.81. The molecule has 0 radical (unpaired) electrons. The Bertz CT molecular complexity index is 151. The van der Waals surface area contributed by atoms with E-state index in [1.165, 1.54) is 5.69 Å². The maximum Gasteiger partial charge on any atom is 0.139 e. The average molecular weight is 113 g/mol. The Balaban J connectivity index is 2.44. The van der Waals surface area contributed by atoms with Crippen LogP contribution in [0.5, 0.6) is 0 Å². The van der Waals surface area contributed by atoms with Crippen molar-refractivity contribution in [1.29, 1.82) is 0 Å². The van der Waals surface area contributed by atoms with Crippen LogP contribution < -0.4 is 5.32 Å². The average Bonchev–Trinajstić information content (AvgIpc) is 1.79. The van der Waals surface area contributed by atoms with Crippen LogP contribution >= 0.6 is 0 Å². The third-order valence-electron chi connectivity index (χ3n) is 1.10. The van der Waals surface area contributed by atoms with Crippen molar-refractivity contribution in [3.8, 4) is 0 Å². The van der Waals surface area contributed by atoms with Crippen molar-refractivity contribution in [1.82, 2.24) is 10.2 Å². The quantitative estimate of drug-likeness (QED) is 0.528. The van der Waals surface area contributed by atoms with Crippen molar-refractivity contribution in [3.63, 3.8) is 0 Å². The number of aryl methyl sites for hydroxylation is 1. The van der Waals surface area contributed by atoms with E-state index in [4.69, 9.17) is 0 Å². The molecule has 0 unspecified atom stereocenters. The fourth-order valence-corrected chi connectivity index (χ4v) is 0.604. The van der Waals surface area contributed by atoms with E-state index in [2.05, 4.69) is 22.4 Å². The first-order valence-electron chi connectivity index (χ1n) is 2.81. The number of H-pyrrole nitrogens is 2. The van der Waals surface area contributed by atoms with Gasteiger partial charge in [-0.05, 0) is 13.8 Å². The van der Waals surface area contributed by atoms with Gasteiger partial charge in [-0.3, -0.25) is 5.10 Å². The molecule has 0 amide bonds. The molecule has 0 aliphatic carbocycles. The predicted molar refractivity (Wildman–Crippen MR) is 34.0 cm³/mol. The zero-order valence-electron chi connectivity index (χ0n) is 5.21. The molecule has 0 aliphatic rings. The number of nitrogens with one attached hydrogen (secondary N) is 3. The number of hydrogen-bond acceptors (Lipinski definition) is 1. The lowest BCUT2D eigenvalue weighted by Gasteiger charge is -2.09. The van der Waals surface area contributed by atoms with Gasteiger partial charge in [0.15, 0.2) is 0 Å². The SMILES string of the molecule is CCNc1[nH][nH]c1C. The molecular weight excluding hydrogens is 102 g/mol. The van der Waals surface area contributed by atoms with Crippen molar-refractivity contribution in [3.05, 3.63) is 5.69 Å². The zero-order chi connectivity index (χ0) is 5.98. The Morgan fingerprint density at radius 1 is 1.50 bits per heavy atom. The van der Waals surface area contributed by atoms with Crippen LogP contribution in [0.15, 0.2) is 0 Å². The van der Waals surface area contributed by atoms with E-state index in [1.54, 1.807) is 0 Å². The van der Waals surface area contributed by atoms with Crippen LogP contribution in [0.4, 0.5) is 5.82 Å². The van der Waals surface area contributed by atoms with Gasteiger partial charge in [-0.15, -0.1) is 0 Å². The van der Waals surface area contributed by atoms with Gasteiger partial charge in [0, 0.05) is 6.54 Å². The van der Waals surface area contributed by atoms with Gasteiger partial charge >= 0.3 is 0 Å². The van der Waals surface area contributed by atoms with Crippen LogP contribution in [-0.4, -0.2) is 16.7 Å². The van der Waals surface area contributed by atoms with Crippen LogP contribution in [0.2, 0.25) is 0 Å². The lowest BCUT2D eigenvalue weighted by Crippen LogP contribution is -2.07. The number of anilines is 1. The van der Waals surface area contributed by atoms with Gasteiger partial charge in [-0.25, -0.2) is 0 Å². The Labute approximate surface area is 48.5 Å². The molecule has 46 valence electrons. The van der Waals surface area contributed by atoms with Crippen LogP contribution in [-0.2, 0) is 0 Å². The van der Waals surface area contributed by atoms with E-state index in [0.717, 1.165) is 12.4 Å². The molecule has 1 rings (SSSR count). The summed E-state index contributed by atoms with van der Waals surface area (Å²) < 4.78 is 0. The van der Waals surface area contributed by atoms with Crippen LogP contribution in [0.25, 0.3) is 0 Å². The normalized spacial score (nSPS) is 9.75. The van der Waals surface area contributed by atoms with Crippen LogP contribution in [0.3, 0.4) is 0 Å². The number of rotatable bonds is 2. The predicted octanol–water partition coefficient (Wildman–Crippen LogP) is 1.08. The highest BCUT2D eigenvalue weighted by Crippen LogP contribution is 2.06. The molecular formula is C5H11N3. The Hall–Kier alpha value is -0.860. The molecule has 0 fully saturated rings. The minimum Gasteiger partial charge on any atom is -0.369 e. The van der Waals surface area contributed by atoms with E-state index in [9.17, 15) is 0 Å². The molecule has 3 heteroatoms. The summed E-state index contributed by atoms with van der Waals surface area (Å²) in [6.07, 6.45) is 0. The molecule has 0 aromatic carbocycles. The highest BCUT2D eigenvalue weighted by Gasteiger charge is 1.96. The first kappa shape index (κ1) is 5.28. The van der Waals surface area contributed by atoms with E-state index in [1.807, 2.05) is 6.92 Å². The van der Waals surface area contributed by atoms with Gasteiger partial charge < -0.3 is 10.4 Å². The van der Waals surface area contributed by atoms with E-state index in [-0.39, 0.29) is 0 Å². The molecule has 1 aromatic heterocycles. The molecule has 1 aromatic rings. The smallest absolute Gasteiger partial charge is 0.139 e. The fraction of sp³-hybridized carbons (Fsp3) is 0.600. The van der Waals surface area contributed by atoms with Crippen LogP contribution in [0, 0.1) is 6.92 Å². The van der Waals surface area contributed by atoms with Crippen molar-refractivity contribution >= 4 is 5.82 Å². The van der Waals surface area contributed by atoms with Gasteiger partial charge in [0.05, 0.1) is 5.69 Å². The zero-order valence-corrected chi connectivity index (χ0v) is 5.21. The highest BCUT2D eigenvalue weighted by molar-refractivity contribution is 5.39. The maximum atomic E-state index is 3.14. The molecule has 0 bridgehead atoms. The van der Waals surface area contributed by atoms with Gasteiger partial charge in [0.1, 0.15) is 5.82 Å². The summed E-state index contributed by atoms with van der Waals surface area (Å²) in [6, 6.07) is 0. The van der Waals surface area contributed by atoms with E-state index in [0.29, 0.717) is 0 Å². The van der Waals surface area contributed by atoms with Crippen molar-refractivity contribution in [2.45, 2.75) is 13.8 Å². The summed E-state index contributed by atoms with van der Waals surface area (Å²) in [6.45, 7) is 5.07. The summed E-state index contributed by atoms with van der Waals surface area (Å²) in [7, 11) is 0. The standard InChI is InChI=1S/C5H11N3/c1-3-6-5-4(2)7-8-5/h6-8H,3H2,1-2H3. The number of aromatic nitrogens is 2. The first-order chi connectivity index (χ1) is 3.84. The second kappa shape index (κ2) is 1.94. The molecule has 8 heavy (non-hydrogen) atoms. The number of aromatic amines is 2. The summed E-state index contributed by atoms with van der Waals surface area (Å²) >= 11 is 0. The second-order valence-electron chi connectivity index (χ2n) is 1.78. The fourth-order valence-electron chi connectivity index (χ4n) is 0.604. The summed E-state index contributed by atoms with van der Waals surface area (Å²) in [4.78, 5) is 0. The van der Waals surface area contributed by atoms with E-state index >= 15 is 0 Å². The van der Waals surface area contributed by atoms with Crippen molar-refractivity contribution in [2.24, 2.45) is 0 Å². The maximum absolute atomic E-state index is 3.14. The minimum atomic E-state index is 0.974. The van der Waals surface area contributed by atoms with Crippen LogP contribution in [0.1, 0.15) is 12.6 Å². The van der Waals surface area contributed by atoms with Gasteiger partial charge in [0.2, 0.25) is 0 Å². The highest BCUT2D eigenvalue weighted by atomic mass is 15.2. The van der Waals surface area contributed by atoms with Gasteiger partial charge in [0.25, 0.3) is 0 Å². The van der Waals surface area contributed by atoms with Crippen molar-refractivity contribution < 1.29 is 0 Å².